The molecular formula is C26H26N4O5. The summed E-state index contributed by atoms with van der Waals surface area (Å²) < 4.78 is 11.0. The highest BCUT2D eigenvalue weighted by Gasteiger charge is 2.41. The molecule has 0 aromatic heterocycles. The summed E-state index contributed by atoms with van der Waals surface area (Å²) in [7, 11) is 3.16. The molecule has 0 unspecified atom stereocenters. The van der Waals surface area contributed by atoms with E-state index in [0.29, 0.717) is 29.3 Å². The average molecular weight is 475 g/mol. The third-order valence-corrected chi connectivity index (χ3v) is 5.87. The Morgan fingerprint density at radius 1 is 1.06 bits per heavy atom. The Kier molecular flexibility index (Phi) is 7.07. The van der Waals surface area contributed by atoms with E-state index in [1.165, 1.54) is 17.1 Å². The van der Waals surface area contributed by atoms with E-state index in [1.807, 2.05) is 47.4 Å². The number of amides is 1. The molecule has 4 rings (SSSR count). The highest BCUT2D eigenvalue weighted by atomic mass is 16.6. The Balaban J connectivity index is 1.74. The van der Waals surface area contributed by atoms with Gasteiger partial charge in [-0.25, -0.2) is 5.01 Å². The second-order valence-corrected chi connectivity index (χ2v) is 8.10. The fourth-order valence-electron chi connectivity index (χ4n) is 4.10. The highest BCUT2D eigenvalue weighted by Crippen LogP contribution is 2.39. The van der Waals surface area contributed by atoms with E-state index in [4.69, 9.17) is 9.47 Å². The summed E-state index contributed by atoms with van der Waals surface area (Å²) in [5.41, 5.74) is 3.08. The Morgan fingerprint density at radius 2 is 1.77 bits per heavy atom. The topological polar surface area (TPSA) is 97.5 Å². The lowest BCUT2D eigenvalue weighted by molar-refractivity contribution is -0.384. The molecule has 35 heavy (non-hydrogen) atoms. The van der Waals surface area contributed by atoms with E-state index in [2.05, 4.69) is 5.10 Å². The first kappa shape index (κ1) is 23.9. The van der Waals surface area contributed by atoms with E-state index in [9.17, 15) is 14.9 Å². The summed E-state index contributed by atoms with van der Waals surface area (Å²) in [6.07, 6.45) is -0.517. The molecule has 1 saturated heterocycles. The molecular weight excluding hydrogens is 448 g/mol. The molecule has 1 amide bonds. The number of benzene rings is 3. The maximum Gasteiger partial charge on any atom is 0.269 e. The molecule has 0 saturated carbocycles. The fourth-order valence-corrected chi connectivity index (χ4v) is 4.10. The lowest BCUT2D eigenvalue weighted by Crippen LogP contribution is -2.29. The van der Waals surface area contributed by atoms with Crippen LogP contribution in [0.2, 0.25) is 0 Å². The van der Waals surface area contributed by atoms with E-state index in [-0.39, 0.29) is 18.1 Å². The zero-order chi connectivity index (χ0) is 24.9. The van der Waals surface area contributed by atoms with Gasteiger partial charge in [0.2, 0.25) is 0 Å². The minimum atomic E-state index is -0.517. The summed E-state index contributed by atoms with van der Waals surface area (Å²) in [5, 5.41) is 17.1. The van der Waals surface area contributed by atoms with Crippen molar-refractivity contribution >= 4 is 17.3 Å². The van der Waals surface area contributed by atoms with Gasteiger partial charge in [0.1, 0.15) is 17.7 Å². The van der Waals surface area contributed by atoms with Crippen molar-refractivity contribution in [3.8, 4) is 11.5 Å². The van der Waals surface area contributed by atoms with Gasteiger partial charge in [-0.3, -0.25) is 19.8 Å². The van der Waals surface area contributed by atoms with E-state index in [0.717, 1.165) is 11.1 Å². The second kappa shape index (κ2) is 10.4. The van der Waals surface area contributed by atoms with Gasteiger partial charge >= 0.3 is 0 Å². The molecule has 1 aliphatic rings. The fraction of sp³-hybridized carbons (Fsp3) is 0.231. The van der Waals surface area contributed by atoms with Gasteiger partial charge in [-0.15, -0.1) is 0 Å². The smallest absolute Gasteiger partial charge is 0.269 e. The highest BCUT2D eigenvalue weighted by molar-refractivity contribution is 5.99. The van der Waals surface area contributed by atoms with Crippen molar-refractivity contribution in [3.63, 3.8) is 0 Å². The number of nitro groups is 1. The molecule has 1 atom stereocenters. The Labute approximate surface area is 203 Å². The van der Waals surface area contributed by atoms with Crippen molar-refractivity contribution in [2.45, 2.75) is 19.6 Å². The molecule has 0 radical (unpaired) electrons. The van der Waals surface area contributed by atoms with Crippen molar-refractivity contribution < 1.29 is 19.2 Å². The van der Waals surface area contributed by atoms with Crippen LogP contribution in [0.5, 0.6) is 11.5 Å². The minimum absolute atomic E-state index is 0.00585. The number of carbonyl (C=O) groups excluding carboxylic acids is 1. The van der Waals surface area contributed by atoms with Crippen LogP contribution in [-0.4, -0.2) is 47.2 Å². The molecule has 3 aromatic carbocycles. The van der Waals surface area contributed by atoms with Crippen LogP contribution in [0.3, 0.4) is 0 Å². The van der Waals surface area contributed by atoms with Crippen molar-refractivity contribution in [2.24, 2.45) is 5.10 Å². The first-order valence-electron chi connectivity index (χ1n) is 11.0. The Bertz CT molecular complexity index is 1240. The number of hydrogen-bond donors (Lipinski definition) is 0. The summed E-state index contributed by atoms with van der Waals surface area (Å²) in [6, 6.07) is 21.5. The normalized spacial score (nSPS) is 16.4. The van der Waals surface area contributed by atoms with Crippen LogP contribution in [0, 0.1) is 10.1 Å². The maximum atomic E-state index is 13.2. The second-order valence-electron chi connectivity index (χ2n) is 8.10. The molecule has 9 heteroatoms. The number of ether oxygens (including phenoxy) is 2. The lowest BCUT2D eigenvalue weighted by Gasteiger charge is -2.29. The minimum Gasteiger partial charge on any atom is -0.497 e. The summed E-state index contributed by atoms with van der Waals surface area (Å²) in [5.74, 6) is 1.06. The first-order chi connectivity index (χ1) is 16.9. The van der Waals surface area contributed by atoms with Gasteiger partial charge in [-0.05, 0) is 42.3 Å². The zero-order valence-corrected chi connectivity index (χ0v) is 19.7. The predicted octanol–water partition coefficient (Wildman–Crippen LogP) is 4.38. The molecule has 3 aromatic rings. The van der Waals surface area contributed by atoms with Crippen LogP contribution in [0.4, 0.5) is 5.69 Å². The van der Waals surface area contributed by atoms with Crippen molar-refractivity contribution in [1.29, 1.82) is 0 Å². The standard InChI is InChI=1S/C26H26N4O5/c1-18(20-9-11-21(12-10-20)30(32)33)27-29-25(31)17-28(16-19-7-5-4-6-8-19)26(29)23-14-13-22(34-2)15-24(23)35-3/h4-15,26H,16-17H2,1-3H3/b27-18-/t26-/m0/s1. The molecule has 0 bridgehead atoms. The molecule has 0 N–H and O–H groups in total. The van der Waals surface area contributed by atoms with Gasteiger partial charge in [0.25, 0.3) is 11.6 Å². The van der Waals surface area contributed by atoms with E-state index in [1.54, 1.807) is 39.3 Å². The molecule has 9 nitrogen and oxygen atoms in total. The van der Waals surface area contributed by atoms with Crippen LogP contribution in [0.15, 0.2) is 77.9 Å². The summed E-state index contributed by atoms with van der Waals surface area (Å²) in [4.78, 5) is 25.8. The van der Waals surface area contributed by atoms with Gasteiger partial charge < -0.3 is 9.47 Å². The van der Waals surface area contributed by atoms with Crippen LogP contribution in [-0.2, 0) is 11.3 Å². The third kappa shape index (κ3) is 5.15. The maximum absolute atomic E-state index is 13.2. The van der Waals surface area contributed by atoms with Crippen molar-refractivity contribution in [1.82, 2.24) is 9.91 Å². The Morgan fingerprint density at radius 3 is 2.40 bits per heavy atom. The number of rotatable bonds is 8. The number of hydrazone groups is 1. The summed E-state index contributed by atoms with van der Waals surface area (Å²) in [6.45, 7) is 2.48. The largest absolute Gasteiger partial charge is 0.497 e. The molecule has 0 spiro atoms. The molecule has 180 valence electrons. The van der Waals surface area contributed by atoms with Gasteiger partial charge in [-0.2, -0.15) is 5.10 Å². The van der Waals surface area contributed by atoms with Crippen LogP contribution in [0.1, 0.15) is 29.8 Å². The van der Waals surface area contributed by atoms with E-state index >= 15 is 0 Å². The van der Waals surface area contributed by atoms with Crippen LogP contribution < -0.4 is 9.47 Å². The first-order valence-corrected chi connectivity index (χ1v) is 11.0. The number of nitro benzene ring substituents is 1. The van der Waals surface area contributed by atoms with Gasteiger partial charge in [-0.1, -0.05) is 30.3 Å². The Hall–Kier alpha value is -4.24. The van der Waals surface area contributed by atoms with Crippen LogP contribution >= 0.6 is 0 Å². The summed E-state index contributed by atoms with van der Waals surface area (Å²) >= 11 is 0. The van der Waals surface area contributed by atoms with Crippen molar-refractivity contribution in [2.75, 3.05) is 20.8 Å². The predicted molar refractivity (Wildman–Crippen MR) is 131 cm³/mol. The van der Waals surface area contributed by atoms with Crippen molar-refractivity contribution in [3.05, 3.63) is 99.6 Å². The third-order valence-electron chi connectivity index (χ3n) is 5.87. The van der Waals surface area contributed by atoms with E-state index < -0.39 is 11.1 Å². The lowest BCUT2D eigenvalue weighted by atomic mass is 10.1. The number of carbonyl (C=O) groups is 1. The molecule has 1 heterocycles. The van der Waals surface area contributed by atoms with Gasteiger partial charge in [0.05, 0.1) is 31.4 Å². The SMILES string of the molecule is COc1ccc([C@H]2N(Cc3ccccc3)CC(=O)N2/N=C(/C)c2ccc([N+](=O)[O-])cc2)c(OC)c1. The molecule has 1 aliphatic heterocycles. The number of nitrogens with zero attached hydrogens (tertiary/aromatic N) is 4. The number of methoxy groups -OCH3 is 2. The molecule has 0 aliphatic carbocycles. The van der Waals surface area contributed by atoms with Gasteiger partial charge in [0, 0.05) is 30.3 Å². The average Bonchev–Trinajstić information content (AvgIpc) is 3.17. The molecule has 1 fully saturated rings. The van der Waals surface area contributed by atoms with Gasteiger partial charge in [0.15, 0.2) is 0 Å². The number of hydrogen-bond acceptors (Lipinski definition) is 7. The van der Waals surface area contributed by atoms with Crippen LogP contribution in [0.25, 0.3) is 0 Å². The number of non-ortho nitro benzene ring substituents is 1. The zero-order valence-electron chi connectivity index (χ0n) is 19.7. The monoisotopic (exact) mass is 474 g/mol. The quantitative estimate of drug-likeness (QED) is 0.273.